The molecule has 1 fully saturated rings. The first-order valence-corrected chi connectivity index (χ1v) is 9.30. The van der Waals surface area contributed by atoms with Gasteiger partial charge in [-0.05, 0) is 61.3 Å². The van der Waals surface area contributed by atoms with Crippen LogP contribution in [-0.4, -0.2) is 37.7 Å². The predicted octanol–water partition coefficient (Wildman–Crippen LogP) is 3.47. The van der Waals surface area contributed by atoms with Gasteiger partial charge in [0.05, 0.1) is 13.2 Å². The average Bonchev–Trinajstić information content (AvgIpc) is 3.23. The summed E-state index contributed by atoms with van der Waals surface area (Å²) in [5.41, 5.74) is 2.02. The van der Waals surface area contributed by atoms with E-state index in [1.807, 2.05) is 12.1 Å². The second kappa shape index (κ2) is 9.37. The van der Waals surface area contributed by atoms with Crippen LogP contribution in [0.4, 0.5) is 9.18 Å². The highest BCUT2D eigenvalue weighted by Crippen LogP contribution is 2.26. The number of methoxy groups -OCH3 is 1. The number of urea groups is 1. The quantitative estimate of drug-likeness (QED) is 0.784. The Hall–Kier alpha value is -2.60. The predicted molar refractivity (Wildman–Crippen MR) is 103 cm³/mol. The van der Waals surface area contributed by atoms with E-state index in [0.717, 1.165) is 30.0 Å². The summed E-state index contributed by atoms with van der Waals surface area (Å²) in [7, 11) is 1.65. The molecule has 2 amide bonds. The number of amides is 2. The summed E-state index contributed by atoms with van der Waals surface area (Å²) in [6.45, 7) is 2.97. The number of benzene rings is 2. The van der Waals surface area contributed by atoms with Crippen LogP contribution in [0.2, 0.25) is 0 Å². The molecule has 0 unspecified atom stereocenters. The van der Waals surface area contributed by atoms with Crippen LogP contribution in [0, 0.1) is 5.82 Å². The lowest BCUT2D eigenvalue weighted by atomic mass is 10.1. The van der Waals surface area contributed by atoms with Gasteiger partial charge in [-0.15, -0.1) is 0 Å². The number of carbonyl (C=O) groups excluding carboxylic acids is 1. The van der Waals surface area contributed by atoms with Crippen LogP contribution in [0.5, 0.6) is 5.75 Å². The number of hydrogen-bond acceptors (Lipinski definition) is 3. The first-order chi connectivity index (χ1) is 13.2. The Morgan fingerprint density at radius 3 is 2.37 bits per heavy atom. The number of likely N-dealkylation sites (tertiary alicyclic amines) is 1. The fraction of sp³-hybridized carbons (Fsp3) is 0.381. The van der Waals surface area contributed by atoms with Crippen LogP contribution < -0.4 is 15.4 Å². The lowest BCUT2D eigenvalue weighted by Crippen LogP contribution is -2.41. The van der Waals surface area contributed by atoms with Crippen LogP contribution in [-0.2, 0) is 6.54 Å². The first kappa shape index (κ1) is 19.2. The Bertz CT molecular complexity index is 728. The van der Waals surface area contributed by atoms with Crippen LogP contribution in [0.15, 0.2) is 48.5 Å². The van der Waals surface area contributed by atoms with E-state index in [4.69, 9.17) is 4.74 Å². The molecular formula is C21H26FN3O2. The van der Waals surface area contributed by atoms with E-state index < -0.39 is 0 Å². The standard InChI is InChI=1S/C21H26FN3O2/c1-27-19-10-6-17(7-11-19)20(25-12-2-3-13-25)15-24-21(26)23-14-16-4-8-18(22)9-5-16/h4-11,20H,2-3,12-15H2,1H3,(H2,23,24,26)/t20-/m1/s1. The summed E-state index contributed by atoms with van der Waals surface area (Å²) in [5.74, 6) is 0.542. The molecule has 1 saturated heterocycles. The fourth-order valence-electron chi connectivity index (χ4n) is 3.37. The summed E-state index contributed by atoms with van der Waals surface area (Å²) in [4.78, 5) is 14.6. The minimum Gasteiger partial charge on any atom is -0.497 e. The highest BCUT2D eigenvalue weighted by atomic mass is 19.1. The maximum Gasteiger partial charge on any atom is 0.315 e. The molecule has 144 valence electrons. The van der Waals surface area contributed by atoms with Crippen molar-refractivity contribution < 1.29 is 13.9 Å². The first-order valence-electron chi connectivity index (χ1n) is 9.30. The summed E-state index contributed by atoms with van der Waals surface area (Å²) in [6.07, 6.45) is 2.37. The molecule has 2 aromatic rings. The van der Waals surface area contributed by atoms with Gasteiger partial charge < -0.3 is 15.4 Å². The molecule has 0 spiro atoms. The molecule has 1 heterocycles. The van der Waals surface area contributed by atoms with Crippen LogP contribution in [0.1, 0.15) is 30.0 Å². The van der Waals surface area contributed by atoms with Crippen molar-refractivity contribution in [3.8, 4) is 5.75 Å². The van der Waals surface area contributed by atoms with E-state index >= 15 is 0 Å². The molecule has 0 saturated carbocycles. The fourth-order valence-corrected chi connectivity index (χ4v) is 3.37. The number of nitrogens with one attached hydrogen (secondary N) is 2. The summed E-state index contributed by atoms with van der Waals surface area (Å²) in [5, 5.41) is 5.79. The van der Waals surface area contributed by atoms with E-state index in [9.17, 15) is 9.18 Å². The van der Waals surface area contributed by atoms with Crippen molar-refractivity contribution in [2.24, 2.45) is 0 Å². The van der Waals surface area contributed by atoms with E-state index in [-0.39, 0.29) is 17.9 Å². The molecule has 2 N–H and O–H groups in total. The number of ether oxygens (including phenoxy) is 1. The normalized spacial score (nSPS) is 15.3. The monoisotopic (exact) mass is 371 g/mol. The SMILES string of the molecule is COc1ccc([C@@H](CNC(=O)NCc2ccc(F)cc2)N2CCCC2)cc1. The van der Waals surface area contributed by atoms with Gasteiger partial charge >= 0.3 is 6.03 Å². The third-order valence-electron chi connectivity index (χ3n) is 4.90. The Kier molecular flexibility index (Phi) is 6.65. The Balaban J connectivity index is 1.56. The number of rotatable bonds is 7. The van der Waals surface area contributed by atoms with E-state index in [1.165, 1.54) is 25.0 Å². The van der Waals surface area contributed by atoms with Gasteiger partial charge in [-0.2, -0.15) is 0 Å². The van der Waals surface area contributed by atoms with Gasteiger partial charge in [0, 0.05) is 13.1 Å². The van der Waals surface area contributed by atoms with Crippen molar-refractivity contribution in [2.45, 2.75) is 25.4 Å². The second-order valence-electron chi connectivity index (χ2n) is 6.72. The van der Waals surface area contributed by atoms with Crippen molar-refractivity contribution in [3.63, 3.8) is 0 Å². The smallest absolute Gasteiger partial charge is 0.315 e. The zero-order valence-electron chi connectivity index (χ0n) is 15.6. The Morgan fingerprint density at radius 2 is 1.74 bits per heavy atom. The summed E-state index contributed by atoms with van der Waals surface area (Å²) >= 11 is 0. The molecule has 6 heteroatoms. The summed E-state index contributed by atoms with van der Waals surface area (Å²) in [6, 6.07) is 14.0. The third kappa shape index (κ3) is 5.44. The number of hydrogen-bond donors (Lipinski definition) is 2. The van der Waals surface area contributed by atoms with Gasteiger partial charge in [0.2, 0.25) is 0 Å². The van der Waals surface area contributed by atoms with Gasteiger partial charge in [0.25, 0.3) is 0 Å². The van der Waals surface area contributed by atoms with E-state index in [1.54, 1.807) is 19.2 Å². The van der Waals surface area contributed by atoms with E-state index in [2.05, 4.69) is 27.7 Å². The molecule has 2 aromatic carbocycles. The number of nitrogens with zero attached hydrogens (tertiary/aromatic N) is 1. The van der Waals surface area contributed by atoms with Crippen molar-refractivity contribution in [1.82, 2.24) is 15.5 Å². The molecule has 0 aromatic heterocycles. The zero-order chi connectivity index (χ0) is 19.1. The van der Waals surface area contributed by atoms with Crippen LogP contribution in [0.3, 0.4) is 0 Å². The van der Waals surface area contributed by atoms with Gasteiger partial charge in [-0.1, -0.05) is 24.3 Å². The van der Waals surface area contributed by atoms with Gasteiger partial charge in [0.1, 0.15) is 11.6 Å². The van der Waals surface area contributed by atoms with Crippen molar-refractivity contribution in [2.75, 3.05) is 26.7 Å². The van der Waals surface area contributed by atoms with Crippen molar-refractivity contribution in [1.29, 1.82) is 0 Å². The molecule has 0 radical (unpaired) electrons. The molecule has 0 aliphatic carbocycles. The van der Waals surface area contributed by atoms with Gasteiger partial charge in [0.15, 0.2) is 0 Å². The van der Waals surface area contributed by atoms with E-state index in [0.29, 0.717) is 13.1 Å². The maximum absolute atomic E-state index is 12.9. The van der Waals surface area contributed by atoms with Crippen LogP contribution >= 0.6 is 0 Å². The van der Waals surface area contributed by atoms with Crippen LogP contribution in [0.25, 0.3) is 0 Å². The minimum atomic E-state index is -0.281. The zero-order valence-corrected chi connectivity index (χ0v) is 15.6. The maximum atomic E-state index is 12.9. The molecule has 5 nitrogen and oxygen atoms in total. The lowest BCUT2D eigenvalue weighted by Gasteiger charge is -2.28. The highest BCUT2D eigenvalue weighted by Gasteiger charge is 2.24. The lowest BCUT2D eigenvalue weighted by molar-refractivity contribution is 0.220. The summed E-state index contributed by atoms with van der Waals surface area (Å²) < 4.78 is 18.2. The molecule has 0 bridgehead atoms. The second-order valence-corrected chi connectivity index (χ2v) is 6.72. The topological polar surface area (TPSA) is 53.6 Å². The highest BCUT2D eigenvalue weighted by molar-refractivity contribution is 5.73. The Morgan fingerprint density at radius 1 is 1.07 bits per heavy atom. The number of halogens is 1. The number of carbonyl (C=O) groups is 1. The van der Waals surface area contributed by atoms with Crippen molar-refractivity contribution in [3.05, 3.63) is 65.5 Å². The van der Waals surface area contributed by atoms with Gasteiger partial charge in [-0.3, -0.25) is 4.90 Å². The molecular weight excluding hydrogens is 345 g/mol. The molecule has 1 aliphatic heterocycles. The Labute approximate surface area is 159 Å². The van der Waals surface area contributed by atoms with Crippen molar-refractivity contribution >= 4 is 6.03 Å². The molecule has 1 atom stereocenters. The molecule has 1 aliphatic rings. The molecule has 27 heavy (non-hydrogen) atoms. The molecule has 3 rings (SSSR count). The average molecular weight is 371 g/mol. The largest absolute Gasteiger partial charge is 0.497 e. The van der Waals surface area contributed by atoms with Gasteiger partial charge in [-0.25, -0.2) is 9.18 Å². The minimum absolute atomic E-state index is 0.134. The third-order valence-corrected chi connectivity index (χ3v) is 4.90.